The van der Waals surface area contributed by atoms with Crippen LogP contribution < -0.4 is 4.74 Å². The lowest BCUT2D eigenvalue weighted by Gasteiger charge is -2.16. The number of hydrogen-bond acceptors (Lipinski definition) is 4. The third-order valence-corrected chi connectivity index (χ3v) is 2.44. The average molecular weight is 220 g/mol. The highest BCUT2D eigenvalue weighted by molar-refractivity contribution is 5.84. The van der Waals surface area contributed by atoms with Crippen LogP contribution in [0.2, 0.25) is 0 Å². The number of aliphatic hydroxyl groups is 1. The third-order valence-electron chi connectivity index (χ3n) is 2.44. The number of benzene rings is 1. The van der Waals surface area contributed by atoms with Crippen LogP contribution >= 0.6 is 0 Å². The molecule has 2 rings (SSSR count). The van der Waals surface area contributed by atoms with Gasteiger partial charge in [-0.2, -0.15) is 0 Å². The molecule has 16 heavy (non-hydrogen) atoms. The molecule has 1 aromatic carbocycles. The predicted molar refractivity (Wildman–Crippen MR) is 57.0 cm³/mol. The second-order valence-electron chi connectivity index (χ2n) is 3.48. The van der Waals surface area contributed by atoms with Crippen LogP contribution in [0.1, 0.15) is 11.7 Å². The number of cyclic esters (lactones) is 1. The number of ether oxygens (including phenoxy) is 2. The molecule has 0 spiro atoms. The number of hydrogen-bond donors (Lipinski definition) is 1. The van der Waals surface area contributed by atoms with Gasteiger partial charge in [0.15, 0.2) is 6.10 Å². The predicted octanol–water partition coefficient (Wildman–Crippen LogP) is 1.21. The third kappa shape index (κ3) is 2.06. The van der Waals surface area contributed by atoms with Gasteiger partial charge in [-0.1, -0.05) is 12.1 Å². The number of carbonyl (C=O) groups excluding carboxylic acids is 1. The van der Waals surface area contributed by atoms with Gasteiger partial charge in [0.05, 0.1) is 7.11 Å². The van der Waals surface area contributed by atoms with E-state index in [1.54, 1.807) is 37.5 Å². The van der Waals surface area contributed by atoms with Gasteiger partial charge in [-0.05, 0) is 23.8 Å². The summed E-state index contributed by atoms with van der Waals surface area (Å²) in [7, 11) is 1.58. The summed E-state index contributed by atoms with van der Waals surface area (Å²) in [6.07, 6.45) is 1.43. The summed E-state index contributed by atoms with van der Waals surface area (Å²) in [6, 6.07) is 6.98. The van der Waals surface area contributed by atoms with Crippen molar-refractivity contribution in [1.82, 2.24) is 0 Å². The summed E-state index contributed by atoms with van der Waals surface area (Å²) >= 11 is 0. The molecule has 1 aromatic rings. The fourth-order valence-electron chi connectivity index (χ4n) is 1.55. The molecular formula is C12H12O4. The largest absolute Gasteiger partial charge is 0.497 e. The SMILES string of the molecule is COc1ccc([C@H](O)[C@H]2C=CC(=O)O2)cc1. The Morgan fingerprint density at radius 1 is 1.38 bits per heavy atom. The summed E-state index contributed by atoms with van der Waals surface area (Å²) in [5, 5.41) is 9.93. The Balaban J connectivity index is 2.11. The lowest BCUT2D eigenvalue weighted by atomic mass is 10.0. The van der Waals surface area contributed by atoms with Crippen molar-refractivity contribution in [1.29, 1.82) is 0 Å². The first-order valence-corrected chi connectivity index (χ1v) is 4.91. The van der Waals surface area contributed by atoms with Gasteiger partial charge in [0.2, 0.25) is 0 Å². The summed E-state index contributed by atoms with van der Waals surface area (Å²) in [6.45, 7) is 0. The monoisotopic (exact) mass is 220 g/mol. The van der Waals surface area contributed by atoms with Crippen LogP contribution in [0.3, 0.4) is 0 Å². The number of carbonyl (C=O) groups is 1. The first kappa shape index (κ1) is 10.7. The van der Waals surface area contributed by atoms with Crippen LogP contribution in [0.15, 0.2) is 36.4 Å². The highest BCUT2D eigenvalue weighted by Gasteiger charge is 2.25. The highest BCUT2D eigenvalue weighted by atomic mass is 16.6. The van der Waals surface area contributed by atoms with E-state index in [1.807, 2.05) is 0 Å². The van der Waals surface area contributed by atoms with E-state index < -0.39 is 18.2 Å². The van der Waals surface area contributed by atoms with Crippen molar-refractivity contribution in [3.05, 3.63) is 42.0 Å². The zero-order valence-corrected chi connectivity index (χ0v) is 8.79. The molecule has 84 valence electrons. The number of esters is 1. The first-order valence-electron chi connectivity index (χ1n) is 4.91. The summed E-state index contributed by atoms with van der Waals surface area (Å²) in [4.78, 5) is 10.8. The molecule has 1 N–H and O–H groups in total. The molecule has 4 nitrogen and oxygen atoms in total. The van der Waals surface area contributed by atoms with Crippen LogP contribution in [0.5, 0.6) is 5.75 Å². The summed E-state index contributed by atoms with van der Waals surface area (Å²) < 4.78 is 9.91. The molecule has 0 bridgehead atoms. The van der Waals surface area contributed by atoms with E-state index in [4.69, 9.17) is 9.47 Å². The second-order valence-corrected chi connectivity index (χ2v) is 3.48. The van der Waals surface area contributed by atoms with E-state index in [2.05, 4.69) is 0 Å². The van der Waals surface area contributed by atoms with Gasteiger partial charge >= 0.3 is 5.97 Å². The van der Waals surface area contributed by atoms with E-state index in [-0.39, 0.29) is 0 Å². The fourth-order valence-corrected chi connectivity index (χ4v) is 1.55. The molecule has 2 atom stereocenters. The molecule has 1 aliphatic heterocycles. The molecule has 0 aliphatic carbocycles. The molecular weight excluding hydrogens is 208 g/mol. The van der Waals surface area contributed by atoms with Gasteiger partial charge in [-0.25, -0.2) is 4.79 Å². The molecule has 0 fully saturated rings. The van der Waals surface area contributed by atoms with Crippen molar-refractivity contribution in [3.8, 4) is 5.75 Å². The van der Waals surface area contributed by atoms with Crippen LogP contribution in [0, 0.1) is 0 Å². The lowest BCUT2D eigenvalue weighted by Crippen LogP contribution is -2.18. The minimum Gasteiger partial charge on any atom is -0.497 e. The van der Waals surface area contributed by atoms with Crippen molar-refractivity contribution in [2.24, 2.45) is 0 Å². The maximum Gasteiger partial charge on any atom is 0.331 e. The molecule has 0 unspecified atom stereocenters. The van der Waals surface area contributed by atoms with Gasteiger partial charge in [0.25, 0.3) is 0 Å². The molecule has 0 aromatic heterocycles. The molecule has 0 amide bonds. The Hall–Kier alpha value is -1.81. The fraction of sp³-hybridized carbons (Fsp3) is 0.250. The van der Waals surface area contributed by atoms with Crippen molar-refractivity contribution in [2.45, 2.75) is 12.2 Å². The second kappa shape index (κ2) is 4.37. The van der Waals surface area contributed by atoms with Gasteiger partial charge in [0.1, 0.15) is 11.9 Å². The number of methoxy groups -OCH3 is 1. The number of aliphatic hydroxyl groups excluding tert-OH is 1. The first-order chi connectivity index (χ1) is 7.70. The Kier molecular flexibility index (Phi) is 2.92. The zero-order chi connectivity index (χ0) is 11.5. The summed E-state index contributed by atoms with van der Waals surface area (Å²) in [5.41, 5.74) is 0.685. The van der Waals surface area contributed by atoms with E-state index in [1.165, 1.54) is 6.08 Å². The van der Waals surface area contributed by atoms with E-state index in [9.17, 15) is 9.90 Å². The van der Waals surface area contributed by atoms with E-state index in [0.29, 0.717) is 5.56 Å². The molecule has 0 radical (unpaired) electrons. The van der Waals surface area contributed by atoms with Crippen molar-refractivity contribution in [2.75, 3.05) is 7.11 Å². The molecule has 1 heterocycles. The van der Waals surface area contributed by atoms with Crippen molar-refractivity contribution < 1.29 is 19.4 Å². The minimum atomic E-state index is -0.839. The Bertz CT molecular complexity index is 408. The maximum absolute atomic E-state index is 10.8. The van der Waals surface area contributed by atoms with Crippen LogP contribution in [0.25, 0.3) is 0 Å². The van der Waals surface area contributed by atoms with Crippen LogP contribution in [-0.2, 0) is 9.53 Å². The van der Waals surface area contributed by atoms with Gasteiger partial charge in [0, 0.05) is 6.08 Å². The standard InChI is InChI=1S/C12H12O4/c1-15-9-4-2-8(3-5-9)12(14)10-6-7-11(13)16-10/h2-7,10,12,14H,1H3/t10-,12+/m1/s1. The molecule has 4 heteroatoms. The molecule has 1 aliphatic rings. The van der Waals surface area contributed by atoms with Crippen molar-refractivity contribution in [3.63, 3.8) is 0 Å². The zero-order valence-electron chi connectivity index (χ0n) is 8.79. The number of rotatable bonds is 3. The normalized spacial score (nSPS) is 20.6. The van der Waals surface area contributed by atoms with Crippen molar-refractivity contribution >= 4 is 5.97 Å². The highest BCUT2D eigenvalue weighted by Crippen LogP contribution is 2.24. The quantitative estimate of drug-likeness (QED) is 0.778. The topological polar surface area (TPSA) is 55.8 Å². The molecule has 0 saturated heterocycles. The van der Waals surface area contributed by atoms with E-state index in [0.717, 1.165) is 5.75 Å². The Labute approximate surface area is 93.1 Å². The smallest absolute Gasteiger partial charge is 0.331 e. The Morgan fingerprint density at radius 2 is 2.06 bits per heavy atom. The van der Waals surface area contributed by atoms with Gasteiger partial charge < -0.3 is 14.6 Å². The maximum atomic E-state index is 10.8. The lowest BCUT2D eigenvalue weighted by molar-refractivity contribution is -0.142. The average Bonchev–Trinajstić information content (AvgIpc) is 2.75. The van der Waals surface area contributed by atoms with Gasteiger partial charge in [-0.3, -0.25) is 0 Å². The Morgan fingerprint density at radius 3 is 2.56 bits per heavy atom. The minimum absolute atomic E-state index is 0.419. The molecule has 0 saturated carbocycles. The van der Waals surface area contributed by atoms with Gasteiger partial charge in [-0.15, -0.1) is 0 Å². The van der Waals surface area contributed by atoms with Crippen LogP contribution in [0.4, 0.5) is 0 Å². The van der Waals surface area contributed by atoms with E-state index >= 15 is 0 Å². The summed E-state index contributed by atoms with van der Waals surface area (Å²) in [5.74, 6) is 0.299. The van der Waals surface area contributed by atoms with Crippen LogP contribution in [-0.4, -0.2) is 24.3 Å².